The summed E-state index contributed by atoms with van der Waals surface area (Å²) >= 11 is 0. The van der Waals surface area contributed by atoms with Crippen molar-refractivity contribution in [1.82, 2.24) is 30.0 Å². The van der Waals surface area contributed by atoms with E-state index in [1.54, 1.807) is 9.80 Å². The number of hydrogen-bond donors (Lipinski definition) is 1. The number of nitrogens with one attached hydrogen (secondary N) is 1. The van der Waals surface area contributed by atoms with Gasteiger partial charge in [0.25, 0.3) is 5.56 Å². The van der Waals surface area contributed by atoms with Crippen molar-refractivity contribution in [3.63, 3.8) is 0 Å². The molecule has 15 heteroatoms. The molecule has 0 spiro atoms. The van der Waals surface area contributed by atoms with Crippen LogP contribution in [-0.2, 0) is 23.6 Å². The zero-order valence-electron chi connectivity index (χ0n) is 19.9. The van der Waals surface area contributed by atoms with E-state index in [0.717, 1.165) is 12.4 Å². The van der Waals surface area contributed by atoms with Crippen molar-refractivity contribution in [3.8, 4) is 0 Å². The van der Waals surface area contributed by atoms with Gasteiger partial charge in [-0.2, -0.15) is 31.4 Å². The normalized spacial score (nSPS) is 18.4. The third-order valence-corrected chi connectivity index (χ3v) is 6.72. The molecular formula is C22H25F6N7O2. The van der Waals surface area contributed by atoms with Gasteiger partial charge in [0.15, 0.2) is 0 Å². The van der Waals surface area contributed by atoms with Crippen LogP contribution in [0.25, 0.3) is 0 Å². The molecule has 37 heavy (non-hydrogen) atoms. The third-order valence-electron chi connectivity index (χ3n) is 6.72. The largest absolute Gasteiger partial charge is 0.422 e. The average Bonchev–Trinajstić information content (AvgIpc) is 3.26. The van der Waals surface area contributed by atoms with Crippen molar-refractivity contribution in [2.24, 2.45) is 0 Å². The summed E-state index contributed by atoms with van der Waals surface area (Å²) in [5.74, 6) is 0.0102. The number of halogens is 6. The molecule has 1 fully saturated rings. The number of piperazine rings is 1. The van der Waals surface area contributed by atoms with Crippen LogP contribution in [-0.4, -0.2) is 75.1 Å². The lowest BCUT2D eigenvalue weighted by Gasteiger charge is -2.35. The molecule has 9 nitrogen and oxygen atoms in total. The fourth-order valence-corrected chi connectivity index (χ4v) is 4.82. The summed E-state index contributed by atoms with van der Waals surface area (Å²) in [6.07, 6.45) is -7.29. The molecule has 0 saturated carbocycles. The monoisotopic (exact) mass is 533 g/mol. The van der Waals surface area contributed by atoms with Crippen LogP contribution in [0.1, 0.15) is 48.2 Å². The molecule has 2 aromatic heterocycles. The molecule has 202 valence electrons. The quantitative estimate of drug-likeness (QED) is 0.571. The summed E-state index contributed by atoms with van der Waals surface area (Å²) in [5, 5.41) is 5.86. The SMILES string of the molecule is CCN(CCC(=O)N1CCN(c2ncc(C(F)(F)F)cn2)CC1)C1CCc2c1n[nH]c(=O)c2C(F)(F)F. The van der Waals surface area contributed by atoms with Crippen LogP contribution < -0.4 is 10.5 Å². The van der Waals surface area contributed by atoms with E-state index >= 15 is 0 Å². The number of nitrogens with zero attached hydrogens (tertiary/aromatic N) is 6. The lowest BCUT2D eigenvalue weighted by molar-refractivity contribution is -0.139. The summed E-state index contributed by atoms with van der Waals surface area (Å²) in [7, 11) is 0. The first kappa shape index (κ1) is 26.8. The van der Waals surface area contributed by atoms with E-state index in [0.29, 0.717) is 45.7 Å². The zero-order chi connectivity index (χ0) is 27.0. The number of carbonyl (C=O) groups is 1. The van der Waals surface area contributed by atoms with Crippen LogP contribution in [0.5, 0.6) is 0 Å². The number of anilines is 1. The number of fused-ring (bicyclic) bond motifs is 1. The van der Waals surface area contributed by atoms with Crippen molar-refractivity contribution in [2.75, 3.05) is 44.2 Å². The molecule has 1 aliphatic heterocycles. The molecule has 2 aliphatic rings. The van der Waals surface area contributed by atoms with Crippen molar-refractivity contribution in [1.29, 1.82) is 0 Å². The minimum atomic E-state index is -4.78. The van der Waals surface area contributed by atoms with Gasteiger partial charge < -0.3 is 9.80 Å². The summed E-state index contributed by atoms with van der Waals surface area (Å²) in [4.78, 5) is 37.4. The van der Waals surface area contributed by atoms with Gasteiger partial charge in [-0.1, -0.05) is 6.92 Å². The van der Waals surface area contributed by atoms with Crippen LogP contribution in [0.3, 0.4) is 0 Å². The Morgan fingerprint density at radius 3 is 2.30 bits per heavy atom. The van der Waals surface area contributed by atoms with Crippen molar-refractivity contribution in [2.45, 2.75) is 44.6 Å². The smallest absolute Gasteiger partial charge is 0.339 e. The van der Waals surface area contributed by atoms with Gasteiger partial charge in [-0.3, -0.25) is 14.5 Å². The van der Waals surface area contributed by atoms with Gasteiger partial charge >= 0.3 is 12.4 Å². The molecular weight excluding hydrogens is 508 g/mol. The fourth-order valence-electron chi connectivity index (χ4n) is 4.82. The Hall–Kier alpha value is -3.23. The third kappa shape index (κ3) is 5.70. The maximum atomic E-state index is 13.4. The van der Waals surface area contributed by atoms with E-state index < -0.39 is 35.1 Å². The van der Waals surface area contributed by atoms with Crippen LogP contribution in [0, 0.1) is 0 Å². The van der Waals surface area contributed by atoms with E-state index in [-0.39, 0.29) is 36.0 Å². The summed E-state index contributed by atoms with van der Waals surface area (Å²) in [6, 6.07) is -0.445. The molecule has 1 saturated heterocycles. The van der Waals surface area contributed by atoms with Crippen molar-refractivity contribution < 1.29 is 31.1 Å². The lowest BCUT2D eigenvalue weighted by atomic mass is 10.1. The van der Waals surface area contributed by atoms with Gasteiger partial charge in [0.2, 0.25) is 11.9 Å². The standard InChI is InChI=1S/C22H25F6N7O2/c1-2-33(15-4-3-14-17(22(26,27)28)19(37)32-31-18(14)15)6-5-16(36)34-7-9-35(10-8-34)20-29-11-13(12-30-20)21(23,24)25/h11-12,15H,2-10H2,1H3,(H,32,37). The van der Waals surface area contributed by atoms with E-state index in [4.69, 9.17) is 0 Å². The maximum Gasteiger partial charge on any atom is 0.422 e. The van der Waals surface area contributed by atoms with Gasteiger partial charge in [-0.15, -0.1) is 0 Å². The van der Waals surface area contributed by atoms with Crippen LogP contribution in [0.4, 0.5) is 32.3 Å². The zero-order valence-corrected chi connectivity index (χ0v) is 19.9. The number of aromatic amines is 1. The summed E-state index contributed by atoms with van der Waals surface area (Å²) in [5.41, 5.74) is -3.31. The first-order chi connectivity index (χ1) is 17.4. The number of amides is 1. The Labute approximate surface area is 207 Å². The molecule has 1 amide bonds. The number of carbonyl (C=O) groups excluding carboxylic acids is 1. The van der Waals surface area contributed by atoms with Crippen molar-refractivity contribution >= 4 is 11.9 Å². The highest BCUT2D eigenvalue weighted by atomic mass is 19.4. The first-order valence-corrected chi connectivity index (χ1v) is 11.7. The summed E-state index contributed by atoms with van der Waals surface area (Å²) < 4.78 is 78.3. The average molecular weight is 533 g/mol. The number of hydrogen-bond acceptors (Lipinski definition) is 7. The van der Waals surface area contributed by atoms with Crippen LogP contribution in [0.2, 0.25) is 0 Å². The Morgan fingerprint density at radius 1 is 1.08 bits per heavy atom. The van der Waals surface area contributed by atoms with Gasteiger partial charge in [-0.25, -0.2) is 15.1 Å². The molecule has 2 aromatic rings. The minimum absolute atomic E-state index is 0.0736. The second kappa shape index (κ2) is 10.3. The van der Waals surface area contributed by atoms with E-state index in [2.05, 4.69) is 15.1 Å². The highest BCUT2D eigenvalue weighted by molar-refractivity contribution is 5.76. The second-order valence-electron chi connectivity index (χ2n) is 8.86. The molecule has 0 radical (unpaired) electrons. The predicted molar refractivity (Wildman–Crippen MR) is 119 cm³/mol. The Morgan fingerprint density at radius 2 is 1.73 bits per heavy atom. The number of rotatable bonds is 6. The number of H-pyrrole nitrogens is 1. The summed E-state index contributed by atoms with van der Waals surface area (Å²) in [6.45, 7) is 3.97. The molecule has 1 unspecified atom stereocenters. The van der Waals surface area contributed by atoms with Crippen LogP contribution >= 0.6 is 0 Å². The van der Waals surface area contributed by atoms with E-state index in [1.165, 1.54) is 0 Å². The molecule has 4 rings (SSSR count). The van der Waals surface area contributed by atoms with Crippen LogP contribution in [0.15, 0.2) is 17.2 Å². The molecule has 0 aromatic carbocycles. The highest BCUT2D eigenvalue weighted by Crippen LogP contribution is 2.39. The molecule has 1 aliphatic carbocycles. The lowest BCUT2D eigenvalue weighted by Crippen LogP contribution is -2.49. The molecule has 1 N–H and O–H groups in total. The predicted octanol–water partition coefficient (Wildman–Crippen LogP) is 2.65. The topological polar surface area (TPSA) is 98.3 Å². The maximum absolute atomic E-state index is 13.4. The first-order valence-electron chi connectivity index (χ1n) is 11.7. The number of alkyl halides is 6. The van der Waals surface area contributed by atoms with Gasteiger partial charge in [0, 0.05) is 51.5 Å². The molecule has 0 bridgehead atoms. The van der Waals surface area contributed by atoms with E-state index in [1.807, 2.05) is 16.9 Å². The Balaban J connectivity index is 1.33. The Kier molecular flexibility index (Phi) is 7.44. The fraction of sp³-hybridized carbons (Fsp3) is 0.591. The second-order valence-corrected chi connectivity index (χ2v) is 8.86. The van der Waals surface area contributed by atoms with E-state index in [9.17, 15) is 35.9 Å². The van der Waals surface area contributed by atoms with Crippen molar-refractivity contribution in [3.05, 3.63) is 45.1 Å². The molecule has 1 atom stereocenters. The Bertz CT molecular complexity index is 1170. The minimum Gasteiger partial charge on any atom is -0.339 e. The van der Waals surface area contributed by atoms with Gasteiger partial charge in [0.05, 0.1) is 17.3 Å². The highest BCUT2D eigenvalue weighted by Gasteiger charge is 2.42. The van der Waals surface area contributed by atoms with Gasteiger partial charge in [-0.05, 0) is 24.9 Å². The van der Waals surface area contributed by atoms with Gasteiger partial charge in [0.1, 0.15) is 5.56 Å². The molecule has 3 heterocycles. The number of aromatic nitrogens is 4.